The van der Waals surface area contributed by atoms with Gasteiger partial charge in [-0.15, -0.1) is 0 Å². The van der Waals surface area contributed by atoms with Crippen molar-refractivity contribution in [2.45, 2.75) is 38.4 Å². The summed E-state index contributed by atoms with van der Waals surface area (Å²) in [4.78, 5) is 0. The number of rotatable bonds is 4. The molecule has 1 atom stereocenters. The average Bonchev–Trinajstić information content (AvgIpc) is 2.45. The molecule has 0 saturated heterocycles. The molecule has 0 amide bonds. The standard InChI is InChI=1S/C10H18N2O2/c1-10(2,14)9(13)5-4-8-6-7-11-12(8)3/h6-7,9,13-14H,4-5H2,1-3H3. The molecule has 0 aliphatic heterocycles. The number of aromatic nitrogens is 2. The minimum atomic E-state index is -1.03. The quantitative estimate of drug-likeness (QED) is 0.740. The van der Waals surface area contributed by atoms with Crippen molar-refractivity contribution in [2.24, 2.45) is 7.05 Å². The highest BCUT2D eigenvalue weighted by molar-refractivity contribution is 5.00. The third-order valence-corrected chi connectivity index (χ3v) is 2.41. The Balaban J connectivity index is 2.46. The van der Waals surface area contributed by atoms with Crippen molar-refractivity contribution in [3.8, 4) is 0 Å². The largest absolute Gasteiger partial charge is 0.390 e. The summed E-state index contributed by atoms with van der Waals surface area (Å²) in [7, 11) is 1.87. The molecular formula is C10H18N2O2. The molecule has 0 saturated carbocycles. The van der Waals surface area contributed by atoms with Gasteiger partial charge >= 0.3 is 0 Å². The lowest BCUT2D eigenvalue weighted by Gasteiger charge is -2.24. The second kappa shape index (κ2) is 4.11. The number of aliphatic hydroxyl groups excluding tert-OH is 1. The van der Waals surface area contributed by atoms with Crippen molar-refractivity contribution in [1.82, 2.24) is 9.78 Å². The molecule has 1 aromatic heterocycles. The monoisotopic (exact) mass is 198 g/mol. The lowest BCUT2D eigenvalue weighted by atomic mass is 9.97. The molecule has 0 aromatic carbocycles. The Hall–Kier alpha value is -0.870. The van der Waals surface area contributed by atoms with E-state index in [1.165, 1.54) is 0 Å². The summed E-state index contributed by atoms with van der Waals surface area (Å²) >= 11 is 0. The fourth-order valence-corrected chi connectivity index (χ4v) is 1.28. The van der Waals surface area contributed by atoms with Gasteiger partial charge in [0.25, 0.3) is 0 Å². The van der Waals surface area contributed by atoms with Crippen molar-refractivity contribution < 1.29 is 10.2 Å². The van der Waals surface area contributed by atoms with Crippen molar-refractivity contribution in [3.05, 3.63) is 18.0 Å². The molecule has 0 aliphatic rings. The molecule has 2 N–H and O–H groups in total. The SMILES string of the molecule is Cn1nccc1CCC(O)C(C)(C)O. The Kier molecular flexibility index (Phi) is 3.29. The highest BCUT2D eigenvalue weighted by atomic mass is 16.3. The van der Waals surface area contributed by atoms with Crippen molar-refractivity contribution in [1.29, 1.82) is 0 Å². The fraction of sp³-hybridized carbons (Fsp3) is 0.700. The second-order valence-corrected chi connectivity index (χ2v) is 4.15. The molecule has 0 radical (unpaired) electrons. The van der Waals surface area contributed by atoms with Crippen LogP contribution in [0.2, 0.25) is 0 Å². The van der Waals surface area contributed by atoms with E-state index in [0.717, 1.165) is 12.1 Å². The zero-order valence-corrected chi connectivity index (χ0v) is 8.94. The topological polar surface area (TPSA) is 58.3 Å². The van der Waals surface area contributed by atoms with E-state index in [-0.39, 0.29) is 0 Å². The van der Waals surface area contributed by atoms with Crippen molar-refractivity contribution in [2.75, 3.05) is 0 Å². The van der Waals surface area contributed by atoms with E-state index in [0.29, 0.717) is 6.42 Å². The van der Waals surface area contributed by atoms with Crippen LogP contribution in [0.25, 0.3) is 0 Å². The summed E-state index contributed by atoms with van der Waals surface area (Å²) in [6, 6.07) is 1.91. The van der Waals surface area contributed by atoms with Gasteiger partial charge in [0, 0.05) is 18.9 Å². The summed E-state index contributed by atoms with van der Waals surface area (Å²) in [6.45, 7) is 3.22. The third kappa shape index (κ3) is 2.82. The van der Waals surface area contributed by atoms with Crippen LogP contribution in [-0.2, 0) is 13.5 Å². The minimum Gasteiger partial charge on any atom is -0.390 e. The molecule has 1 aromatic rings. The zero-order valence-electron chi connectivity index (χ0n) is 8.94. The van der Waals surface area contributed by atoms with Gasteiger partial charge in [0.2, 0.25) is 0 Å². The molecule has 0 bridgehead atoms. The van der Waals surface area contributed by atoms with E-state index in [4.69, 9.17) is 0 Å². The summed E-state index contributed by atoms with van der Waals surface area (Å²) < 4.78 is 1.77. The molecule has 0 aliphatic carbocycles. The number of aliphatic hydroxyl groups is 2. The van der Waals surface area contributed by atoms with Crippen molar-refractivity contribution >= 4 is 0 Å². The van der Waals surface area contributed by atoms with E-state index in [1.807, 2.05) is 13.1 Å². The lowest BCUT2D eigenvalue weighted by Crippen LogP contribution is -2.36. The summed E-state index contributed by atoms with van der Waals surface area (Å²) in [6.07, 6.45) is 2.30. The van der Waals surface area contributed by atoms with E-state index in [1.54, 1.807) is 24.7 Å². The van der Waals surface area contributed by atoms with E-state index in [2.05, 4.69) is 5.10 Å². The molecule has 1 heterocycles. The molecule has 80 valence electrons. The smallest absolute Gasteiger partial charge is 0.0849 e. The Bertz CT molecular complexity index is 289. The zero-order chi connectivity index (χ0) is 10.8. The summed E-state index contributed by atoms with van der Waals surface area (Å²) in [5.74, 6) is 0. The molecule has 4 nitrogen and oxygen atoms in total. The third-order valence-electron chi connectivity index (χ3n) is 2.41. The van der Waals surface area contributed by atoms with Crippen LogP contribution in [-0.4, -0.2) is 31.7 Å². The first-order valence-electron chi connectivity index (χ1n) is 4.78. The van der Waals surface area contributed by atoms with Crippen LogP contribution in [0, 0.1) is 0 Å². The molecule has 14 heavy (non-hydrogen) atoms. The van der Waals surface area contributed by atoms with Gasteiger partial charge in [-0.25, -0.2) is 0 Å². The van der Waals surface area contributed by atoms with Gasteiger partial charge in [-0.3, -0.25) is 4.68 Å². The number of nitrogens with zero attached hydrogens (tertiary/aromatic N) is 2. The van der Waals surface area contributed by atoms with Crippen LogP contribution in [0.3, 0.4) is 0 Å². The van der Waals surface area contributed by atoms with Crippen LogP contribution in [0.4, 0.5) is 0 Å². The lowest BCUT2D eigenvalue weighted by molar-refractivity contribution is -0.0511. The molecule has 0 spiro atoms. The predicted molar refractivity (Wildman–Crippen MR) is 53.8 cm³/mol. The minimum absolute atomic E-state index is 0.545. The van der Waals surface area contributed by atoms with Gasteiger partial charge in [0.1, 0.15) is 0 Å². The Morgan fingerprint density at radius 3 is 2.64 bits per heavy atom. The number of hydrogen-bond acceptors (Lipinski definition) is 3. The van der Waals surface area contributed by atoms with E-state index < -0.39 is 11.7 Å². The van der Waals surface area contributed by atoms with Gasteiger partial charge in [-0.1, -0.05) is 0 Å². The first-order chi connectivity index (χ1) is 6.41. The predicted octanol–water partition coefficient (Wildman–Crippen LogP) is 0.484. The van der Waals surface area contributed by atoms with E-state index in [9.17, 15) is 10.2 Å². The van der Waals surface area contributed by atoms with Crippen LogP contribution < -0.4 is 0 Å². The molecule has 1 rings (SSSR count). The fourth-order valence-electron chi connectivity index (χ4n) is 1.28. The highest BCUT2D eigenvalue weighted by Crippen LogP contribution is 2.14. The van der Waals surface area contributed by atoms with Crippen LogP contribution >= 0.6 is 0 Å². The number of aryl methyl sites for hydroxylation is 2. The van der Waals surface area contributed by atoms with Crippen LogP contribution in [0.5, 0.6) is 0 Å². The van der Waals surface area contributed by atoms with Crippen LogP contribution in [0.15, 0.2) is 12.3 Å². The van der Waals surface area contributed by atoms with Gasteiger partial charge in [0.15, 0.2) is 0 Å². The van der Waals surface area contributed by atoms with Crippen LogP contribution in [0.1, 0.15) is 26.0 Å². The summed E-state index contributed by atoms with van der Waals surface area (Å²) in [5, 5.41) is 23.1. The molecule has 4 heteroatoms. The number of hydrogen-bond donors (Lipinski definition) is 2. The molecule has 1 unspecified atom stereocenters. The van der Waals surface area contributed by atoms with E-state index >= 15 is 0 Å². The first kappa shape index (κ1) is 11.2. The average molecular weight is 198 g/mol. The maximum absolute atomic E-state index is 9.60. The van der Waals surface area contributed by atoms with Gasteiger partial charge in [-0.2, -0.15) is 5.10 Å². The summed E-state index contributed by atoms with van der Waals surface area (Å²) in [5.41, 5.74) is 0.0341. The van der Waals surface area contributed by atoms with Gasteiger partial charge < -0.3 is 10.2 Å². The van der Waals surface area contributed by atoms with Gasteiger partial charge in [-0.05, 0) is 32.8 Å². The maximum atomic E-state index is 9.60. The molecular weight excluding hydrogens is 180 g/mol. The Morgan fingerprint density at radius 1 is 1.57 bits per heavy atom. The molecule has 0 fully saturated rings. The normalized spacial score (nSPS) is 14.4. The maximum Gasteiger partial charge on any atom is 0.0849 e. The van der Waals surface area contributed by atoms with Crippen molar-refractivity contribution in [3.63, 3.8) is 0 Å². The first-order valence-corrected chi connectivity index (χ1v) is 4.78. The second-order valence-electron chi connectivity index (χ2n) is 4.15. The van der Waals surface area contributed by atoms with Gasteiger partial charge in [0.05, 0.1) is 11.7 Å². The Labute approximate surface area is 84.2 Å². The Morgan fingerprint density at radius 2 is 2.21 bits per heavy atom. The highest BCUT2D eigenvalue weighted by Gasteiger charge is 2.24.